The summed E-state index contributed by atoms with van der Waals surface area (Å²) in [5, 5.41) is 14.9. The molecule has 2 aromatic heterocycles. The van der Waals surface area contributed by atoms with Crippen molar-refractivity contribution in [1.82, 2.24) is 35.0 Å². The normalized spacial score (nSPS) is 19.7. The number of hydrogen-bond acceptors (Lipinski definition) is 7. The molecule has 0 spiro atoms. The minimum atomic E-state index is -0.149. The molecule has 5 rings (SSSR count). The minimum Gasteiger partial charge on any atom is -0.484 e. The van der Waals surface area contributed by atoms with Gasteiger partial charge in [0.15, 0.2) is 6.61 Å². The first-order valence-electron chi connectivity index (χ1n) is 11.2. The van der Waals surface area contributed by atoms with E-state index in [4.69, 9.17) is 4.74 Å². The predicted molar refractivity (Wildman–Crippen MR) is 121 cm³/mol. The van der Waals surface area contributed by atoms with Gasteiger partial charge in [-0.1, -0.05) is 6.07 Å². The van der Waals surface area contributed by atoms with E-state index in [-0.39, 0.29) is 18.1 Å². The molecule has 1 N–H and O–H groups in total. The maximum absolute atomic E-state index is 12.2. The molecule has 2 unspecified atom stereocenters. The van der Waals surface area contributed by atoms with E-state index in [2.05, 4.69) is 31.7 Å². The highest BCUT2D eigenvalue weighted by atomic mass is 16.5. The monoisotopic (exact) mass is 449 g/mol. The van der Waals surface area contributed by atoms with Crippen LogP contribution in [0.1, 0.15) is 18.0 Å². The van der Waals surface area contributed by atoms with Crippen molar-refractivity contribution in [3.63, 3.8) is 0 Å². The van der Waals surface area contributed by atoms with Gasteiger partial charge in [0.05, 0.1) is 7.05 Å². The average Bonchev–Trinajstić information content (AvgIpc) is 3.25. The van der Waals surface area contributed by atoms with E-state index >= 15 is 0 Å². The smallest absolute Gasteiger partial charge is 0.257 e. The maximum atomic E-state index is 12.2. The summed E-state index contributed by atoms with van der Waals surface area (Å²) in [4.78, 5) is 28.2. The molecule has 4 heterocycles. The summed E-state index contributed by atoms with van der Waals surface area (Å²) in [6.07, 6.45) is 1.13. The van der Waals surface area contributed by atoms with E-state index in [0.717, 1.165) is 43.9 Å². The molecule has 33 heavy (non-hydrogen) atoms. The van der Waals surface area contributed by atoms with Gasteiger partial charge in [0, 0.05) is 56.0 Å². The lowest BCUT2D eigenvalue weighted by atomic mass is 9.83. The van der Waals surface area contributed by atoms with Crippen LogP contribution in [0, 0.1) is 5.92 Å². The van der Waals surface area contributed by atoms with Crippen molar-refractivity contribution in [2.75, 3.05) is 32.8 Å². The first-order valence-corrected chi connectivity index (χ1v) is 11.2. The average molecular weight is 450 g/mol. The third kappa shape index (κ3) is 4.80. The SMILES string of the molecule is Cn1nnc(-c2ccc(OCC(=O)NCCN3CC4CC(C3)c3cccc(=O)n3C4)cc2)n1. The zero-order valence-corrected chi connectivity index (χ0v) is 18.6. The first-order chi connectivity index (χ1) is 16.0. The zero-order valence-electron chi connectivity index (χ0n) is 18.6. The standard InChI is InChI=1S/C23H27N7O3/c1-28-26-23(25-27-28)17-5-7-19(8-6-17)33-15-21(31)24-9-10-29-12-16-11-18(14-29)20-3-2-4-22(32)30(20)13-16/h2-8,16,18H,9-15H2,1H3,(H,24,31). The van der Waals surface area contributed by atoms with Gasteiger partial charge in [-0.2, -0.15) is 4.80 Å². The maximum Gasteiger partial charge on any atom is 0.257 e. The molecule has 1 fully saturated rings. The van der Waals surface area contributed by atoms with Crippen molar-refractivity contribution in [3.8, 4) is 17.1 Å². The summed E-state index contributed by atoms with van der Waals surface area (Å²) in [5.41, 5.74) is 2.07. The number of piperidine rings is 1. The van der Waals surface area contributed by atoms with Crippen molar-refractivity contribution in [2.45, 2.75) is 18.9 Å². The number of hydrogen-bond donors (Lipinski definition) is 1. The fraction of sp³-hybridized carbons (Fsp3) is 0.435. The Kier molecular flexibility index (Phi) is 5.91. The predicted octanol–water partition coefficient (Wildman–Crippen LogP) is 0.653. The van der Waals surface area contributed by atoms with E-state index in [1.165, 1.54) is 4.80 Å². The molecule has 0 aliphatic carbocycles. The molecule has 3 aromatic rings. The molecular formula is C23H27N7O3. The van der Waals surface area contributed by atoms with Gasteiger partial charge in [-0.3, -0.25) is 9.59 Å². The Balaban J connectivity index is 1.06. The molecule has 0 radical (unpaired) electrons. The van der Waals surface area contributed by atoms with E-state index in [1.54, 1.807) is 25.2 Å². The molecule has 2 aliphatic rings. The fourth-order valence-electron chi connectivity index (χ4n) is 4.83. The molecule has 2 aliphatic heterocycles. The second kappa shape index (κ2) is 9.14. The van der Waals surface area contributed by atoms with E-state index in [9.17, 15) is 9.59 Å². The van der Waals surface area contributed by atoms with Crippen molar-refractivity contribution in [2.24, 2.45) is 13.0 Å². The van der Waals surface area contributed by atoms with E-state index in [1.807, 2.05) is 22.8 Å². The Morgan fingerprint density at radius 3 is 2.79 bits per heavy atom. The van der Waals surface area contributed by atoms with Crippen LogP contribution in [0.5, 0.6) is 5.75 Å². The number of carbonyl (C=O) groups is 1. The summed E-state index contributed by atoms with van der Waals surface area (Å²) >= 11 is 0. The molecule has 1 saturated heterocycles. The highest BCUT2D eigenvalue weighted by Gasteiger charge is 2.34. The molecule has 1 amide bonds. The van der Waals surface area contributed by atoms with Gasteiger partial charge in [0.25, 0.3) is 11.5 Å². The van der Waals surface area contributed by atoms with Gasteiger partial charge in [-0.15, -0.1) is 10.2 Å². The number of ether oxygens (including phenoxy) is 1. The van der Waals surface area contributed by atoms with Crippen molar-refractivity contribution in [1.29, 1.82) is 0 Å². The summed E-state index contributed by atoms with van der Waals surface area (Å²) in [6, 6.07) is 12.8. The summed E-state index contributed by atoms with van der Waals surface area (Å²) < 4.78 is 7.53. The summed E-state index contributed by atoms with van der Waals surface area (Å²) in [7, 11) is 1.71. The van der Waals surface area contributed by atoms with Gasteiger partial charge >= 0.3 is 0 Å². The lowest BCUT2D eigenvalue weighted by Crippen LogP contribution is -2.49. The number of likely N-dealkylation sites (tertiary alicyclic amines) is 1. The van der Waals surface area contributed by atoms with Crippen LogP contribution in [0.15, 0.2) is 47.3 Å². The van der Waals surface area contributed by atoms with Gasteiger partial charge in [-0.25, -0.2) is 0 Å². The van der Waals surface area contributed by atoms with Gasteiger partial charge in [0.2, 0.25) is 5.82 Å². The molecule has 2 bridgehead atoms. The number of amides is 1. The number of benzene rings is 1. The highest BCUT2D eigenvalue weighted by Crippen LogP contribution is 2.34. The highest BCUT2D eigenvalue weighted by molar-refractivity contribution is 5.77. The van der Waals surface area contributed by atoms with E-state index < -0.39 is 0 Å². The van der Waals surface area contributed by atoms with Gasteiger partial charge < -0.3 is 19.5 Å². The second-order valence-corrected chi connectivity index (χ2v) is 8.72. The summed E-state index contributed by atoms with van der Waals surface area (Å²) in [6.45, 7) is 3.98. The number of carbonyl (C=O) groups excluding carboxylic acids is 1. The number of nitrogens with zero attached hydrogens (tertiary/aromatic N) is 6. The molecule has 10 nitrogen and oxygen atoms in total. The third-order valence-electron chi connectivity index (χ3n) is 6.30. The van der Waals surface area contributed by atoms with Crippen LogP contribution in [0.4, 0.5) is 0 Å². The Bertz CT molecular complexity index is 1190. The van der Waals surface area contributed by atoms with Crippen molar-refractivity contribution < 1.29 is 9.53 Å². The zero-order chi connectivity index (χ0) is 22.8. The van der Waals surface area contributed by atoms with Gasteiger partial charge in [-0.05, 0) is 47.9 Å². The molecule has 0 saturated carbocycles. The lowest BCUT2D eigenvalue weighted by molar-refractivity contribution is -0.123. The van der Waals surface area contributed by atoms with Gasteiger partial charge in [0.1, 0.15) is 5.75 Å². The van der Waals surface area contributed by atoms with E-state index in [0.29, 0.717) is 30.0 Å². The Hall–Kier alpha value is -3.53. The largest absolute Gasteiger partial charge is 0.484 e. The van der Waals surface area contributed by atoms with Crippen molar-refractivity contribution in [3.05, 3.63) is 58.5 Å². The number of aryl methyl sites for hydroxylation is 1. The van der Waals surface area contributed by atoms with Crippen molar-refractivity contribution >= 4 is 5.91 Å². The Morgan fingerprint density at radius 2 is 2.00 bits per heavy atom. The van der Waals surface area contributed by atoms with Crippen LogP contribution in [0.3, 0.4) is 0 Å². The number of tetrazole rings is 1. The topological polar surface area (TPSA) is 107 Å². The molecule has 172 valence electrons. The quantitative estimate of drug-likeness (QED) is 0.564. The summed E-state index contributed by atoms with van der Waals surface area (Å²) in [5.74, 6) is 1.86. The fourth-order valence-corrected chi connectivity index (χ4v) is 4.83. The van der Waals surface area contributed by atoms with Crippen LogP contribution in [-0.4, -0.2) is 68.4 Å². The lowest BCUT2D eigenvalue weighted by Gasteiger charge is -2.42. The van der Waals surface area contributed by atoms with Crippen LogP contribution in [0.2, 0.25) is 0 Å². The Morgan fingerprint density at radius 1 is 1.15 bits per heavy atom. The number of aromatic nitrogens is 5. The van der Waals surface area contributed by atoms with Crippen LogP contribution in [0.25, 0.3) is 11.4 Å². The number of pyridine rings is 1. The molecule has 2 atom stereocenters. The van der Waals surface area contributed by atoms with Crippen LogP contribution in [-0.2, 0) is 18.4 Å². The first kappa shape index (κ1) is 21.3. The second-order valence-electron chi connectivity index (χ2n) is 8.72. The van der Waals surface area contributed by atoms with Crippen LogP contribution >= 0.6 is 0 Å². The molecular weight excluding hydrogens is 422 g/mol. The molecule has 10 heteroatoms. The Labute approximate surface area is 191 Å². The minimum absolute atomic E-state index is 0.0374. The number of rotatable bonds is 7. The number of nitrogens with one attached hydrogen (secondary N) is 1. The third-order valence-corrected chi connectivity index (χ3v) is 6.30. The molecule has 1 aromatic carbocycles. The number of fused-ring (bicyclic) bond motifs is 4. The van der Waals surface area contributed by atoms with Crippen LogP contribution < -0.4 is 15.6 Å².